The third-order valence-electron chi connectivity index (χ3n) is 4.40. The molecule has 0 spiro atoms. The predicted octanol–water partition coefficient (Wildman–Crippen LogP) is 6.32. The van der Waals surface area contributed by atoms with Gasteiger partial charge in [0.2, 0.25) is 9.84 Å². The van der Waals surface area contributed by atoms with Crippen molar-refractivity contribution < 1.29 is 17.2 Å². The lowest BCUT2D eigenvalue weighted by atomic mass is 10.0. The van der Waals surface area contributed by atoms with Crippen molar-refractivity contribution in [1.29, 1.82) is 0 Å². The molecule has 0 unspecified atom stereocenters. The van der Waals surface area contributed by atoms with E-state index in [0.717, 1.165) is 18.2 Å². The topological polar surface area (TPSA) is 47.0 Å². The van der Waals surface area contributed by atoms with Crippen LogP contribution in [0.25, 0.3) is 22.0 Å². The first kappa shape index (κ1) is 19.8. The van der Waals surface area contributed by atoms with Gasteiger partial charge in [-0.15, -0.1) is 0 Å². The van der Waals surface area contributed by atoms with Gasteiger partial charge < -0.3 is 0 Å². The van der Waals surface area contributed by atoms with Crippen LogP contribution in [-0.4, -0.2) is 13.4 Å². The number of fused-ring (bicyclic) bond motifs is 1. The van der Waals surface area contributed by atoms with E-state index in [2.05, 4.69) is 4.98 Å². The number of sulfone groups is 1. The van der Waals surface area contributed by atoms with Crippen LogP contribution in [-0.2, 0) is 9.84 Å². The van der Waals surface area contributed by atoms with E-state index in [1.165, 1.54) is 24.4 Å². The third kappa shape index (κ3) is 3.59. The van der Waals surface area contributed by atoms with Gasteiger partial charge in [0.1, 0.15) is 11.6 Å². The molecule has 0 aliphatic rings. The van der Waals surface area contributed by atoms with Gasteiger partial charge in [-0.1, -0.05) is 35.3 Å². The summed E-state index contributed by atoms with van der Waals surface area (Å²) in [4.78, 5) is 3.81. The summed E-state index contributed by atoms with van der Waals surface area (Å²) in [7, 11) is -4.15. The third-order valence-corrected chi connectivity index (χ3v) is 6.69. The van der Waals surface area contributed by atoms with E-state index in [-0.39, 0.29) is 20.4 Å². The van der Waals surface area contributed by atoms with E-state index in [1.54, 1.807) is 24.3 Å². The summed E-state index contributed by atoms with van der Waals surface area (Å²) >= 11 is 11.9. The molecule has 3 aromatic carbocycles. The molecule has 4 rings (SSSR count). The van der Waals surface area contributed by atoms with Crippen molar-refractivity contribution in [2.45, 2.75) is 9.79 Å². The Kier molecular flexibility index (Phi) is 5.02. The highest BCUT2D eigenvalue weighted by molar-refractivity contribution is 7.91. The molecule has 0 aliphatic carbocycles. The van der Waals surface area contributed by atoms with E-state index in [4.69, 9.17) is 23.2 Å². The molecule has 4 aromatic rings. The van der Waals surface area contributed by atoms with Gasteiger partial charge in [-0.05, 0) is 54.1 Å². The highest BCUT2D eigenvalue weighted by Gasteiger charge is 2.25. The molecule has 29 heavy (non-hydrogen) atoms. The summed E-state index contributed by atoms with van der Waals surface area (Å²) in [5.41, 5.74) is 1.14. The lowest BCUT2D eigenvalue weighted by molar-refractivity contribution is 0.594. The van der Waals surface area contributed by atoms with Crippen molar-refractivity contribution in [2.75, 3.05) is 0 Å². The van der Waals surface area contributed by atoms with Crippen LogP contribution < -0.4 is 0 Å². The molecule has 0 bridgehead atoms. The van der Waals surface area contributed by atoms with Crippen LogP contribution in [0.1, 0.15) is 0 Å². The van der Waals surface area contributed by atoms with E-state index in [0.29, 0.717) is 21.5 Å². The highest BCUT2D eigenvalue weighted by Crippen LogP contribution is 2.38. The Morgan fingerprint density at radius 2 is 1.69 bits per heavy atom. The predicted molar refractivity (Wildman–Crippen MR) is 109 cm³/mol. The number of hydrogen-bond acceptors (Lipinski definition) is 3. The van der Waals surface area contributed by atoms with E-state index < -0.39 is 21.5 Å². The van der Waals surface area contributed by atoms with Crippen molar-refractivity contribution in [1.82, 2.24) is 4.98 Å². The molecule has 8 heteroatoms. The maximum Gasteiger partial charge on any atom is 0.208 e. The molecule has 0 aliphatic heterocycles. The number of halogens is 4. The average Bonchev–Trinajstić information content (AvgIpc) is 2.69. The second kappa shape index (κ2) is 7.37. The average molecular weight is 450 g/mol. The van der Waals surface area contributed by atoms with Gasteiger partial charge in [0, 0.05) is 22.2 Å². The fraction of sp³-hybridized carbons (Fsp3) is 0. The van der Waals surface area contributed by atoms with E-state index in [1.807, 2.05) is 0 Å². The molecule has 0 amide bonds. The van der Waals surface area contributed by atoms with Gasteiger partial charge in [-0.3, -0.25) is 4.98 Å². The molecule has 0 fully saturated rings. The summed E-state index contributed by atoms with van der Waals surface area (Å²) in [5.74, 6) is -1.28. The minimum atomic E-state index is -4.15. The Morgan fingerprint density at radius 3 is 2.41 bits per heavy atom. The highest BCUT2D eigenvalue weighted by atomic mass is 35.5. The van der Waals surface area contributed by atoms with Crippen LogP contribution in [0.15, 0.2) is 76.7 Å². The van der Waals surface area contributed by atoms with Crippen LogP contribution >= 0.6 is 23.2 Å². The molecule has 1 aromatic heterocycles. The lowest BCUT2D eigenvalue weighted by Crippen LogP contribution is -2.06. The second-order valence-electron chi connectivity index (χ2n) is 6.25. The SMILES string of the molecule is O=S(=O)(c1ccc(F)c(Cl)c1)c1cnc2ccc(F)cc2c1-c1cccc(Cl)c1. The Balaban J connectivity index is 2.09. The van der Waals surface area contributed by atoms with Gasteiger partial charge in [-0.25, -0.2) is 17.2 Å². The van der Waals surface area contributed by atoms with Crippen LogP contribution in [0.4, 0.5) is 8.78 Å². The first-order valence-corrected chi connectivity index (χ1v) is 10.6. The largest absolute Gasteiger partial charge is 0.255 e. The first-order valence-electron chi connectivity index (χ1n) is 8.32. The normalized spacial score (nSPS) is 11.7. The van der Waals surface area contributed by atoms with Crippen molar-refractivity contribution in [3.8, 4) is 11.1 Å². The van der Waals surface area contributed by atoms with E-state index >= 15 is 0 Å². The fourth-order valence-electron chi connectivity index (χ4n) is 3.06. The maximum atomic E-state index is 14.0. The molecular formula is C21H11Cl2F2NO2S. The molecule has 0 saturated heterocycles. The smallest absolute Gasteiger partial charge is 0.208 e. The quantitative estimate of drug-likeness (QED) is 0.343. The molecular weight excluding hydrogens is 439 g/mol. The number of aromatic nitrogens is 1. The van der Waals surface area contributed by atoms with Crippen LogP contribution in [0, 0.1) is 11.6 Å². The zero-order valence-electron chi connectivity index (χ0n) is 14.5. The number of rotatable bonds is 3. The van der Waals surface area contributed by atoms with Crippen LogP contribution in [0.2, 0.25) is 10.0 Å². The second-order valence-corrected chi connectivity index (χ2v) is 9.01. The molecule has 0 saturated carbocycles. The minimum Gasteiger partial charge on any atom is -0.255 e. The van der Waals surface area contributed by atoms with Crippen molar-refractivity contribution in [3.05, 3.63) is 88.5 Å². The van der Waals surface area contributed by atoms with Crippen molar-refractivity contribution in [3.63, 3.8) is 0 Å². The number of hydrogen-bond donors (Lipinski definition) is 0. The standard InChI is InChI=1S/C21H11Cl2F2NO2S/c22-13-3-1-2-12(8-13)21-16-9-14(24)4-7-19(16)26-11-20(21)29(27,28)15-5-6-18(25)17(23)10-15/h1-11H. The Labute approximate surface area is 175 Å². The molecule has 0 N–H and O–H groups in total. The molecule has 0 atom stereocenters. The summed E-state index contributed by atoms with van der Waals surface area (Å²) < 4.78 is 54.2. The van der Waals surface area contributed by atoms with Crippen LogP contribution in [0.3, 0.4) is 0 Å². The number of pyridine rings is 1. The monoisotopic (exact) mass is 449 g/mol. The zero-order chi connectivity index (χ0) is 20.8. The van der Waals surface area contributed by atoms with Gasteiger partial charge >= 0.3 is 0 Å². The summed E-state index contributed by atoms with van der Waals surface area (Å²) in [6, 6.07) is 13.6. The Morgan fingerprint density at radius 1 is 0.897 bits per heavy atom. The maximum absolute atomic E-state index is 14.0. The Bertz CT molecular complexity index is 1370. The molecule has 0 radical (unpaired) electrons. The van der Waals surface area contributed by atoms with Gasteiger partial charge in [-0.2, -0.15) is 0 Å². The van der Waals surface area contributed by atoms with Crippen molar-refractivity contribution >= 4 is 43.9 Å². The molecule has 1 heterocycles. The summed E-state index contributed by atoms with van der Waals surface area (Å²) in [5, 5.41) is 0.369. The first-order chi connectivity index (χ1) is 13.8. The lowest BCUT2D eigenvalue weighted by Gasteiger charge is -2.14. The minimum absolute atomic E-state index is 0.166. The van der Waals surface area contributed by atoms with Crippen molar-refractivity contribution in [2.24, 2.45) is 0 Å². The van der Waals surface area contributed by atoms with Gasteiger partial charge in [0.25, 0.3) is 0 Å². The van der Waals surface area contributed by atoms with Gasteiger partial charge in [0.05, 0.1) is 20.3 Å². The fourth-order valence-corrected chi connectivity index (χ4v) is 4.96. The van der Waals surface area contributed by atoms with E-state index in [9.17, 15) is 17.2 Å². The van der Waals surface area contributed by atoms with Gasteiger partial charge in [0.15, 0.2) is 0 Å². The number of nitrogens with zero attached hydrogens (tertiary/aromatic N) is 1. The number of benzene rings is 3. The molecule has 146 valence electrons. The Hall–Kier alpha value is -2.54. The van der Waals surface area contributed by atoms with Crippen LogP contribution in [0.5, 0.6) is 0 Å². The zero-order valence-corrected chi connectivity index (χ0v) is 16.9. The summed E-state index contributed by atoms with van der Waals surface area (Å²) in [6.45, 7) is 0. The summed E-state index contributed by atoms with van der Waals surface area (Å²) in [6.07, 6.45) is 1.20. The molecule has 3 nitrogen and oxygen atoms in total.